The van der Waals surface area contributed by atoms with E-state index in [0.717, 1.165) is 11.1 Å². The number of para-hydroxylation sites is 1. The molecule has 3 aromatic carbocycles. The van der Waals surface area contributed by atoms with Crippen molar-refractivity contribution in [3.8, 4) is 11.5 Å². The molecule has 0 saturated carbocycles. The number of aliphatic hydroxyl groups excluding tert-OH is 1. The third kappa shape index (κ3) is 6.19. The van der Waals surface area contributed by atoms with Crippen molar-refractivity contribution < 1.29 is 24.2 Å². The molecule has 1 unspecified atom stereocenters. The molecule has 4 rings (SSSR count). The molecule has 1 heterocycles. The van der Waals surface area contributed by atoms with Gasteiger partial charge in [-0.2, -0.15) is 0 Å². The van der Waals surface area contributed by atoms with Crippen LogP contribution in [0.3, 0.4) is 0 Å². The number of fused-ring (bicyclic) bond motifs is 1. The van der Waals surface area contributed by atoms with Gasteiger partial charge >= 0.3 is 0 Å². The lowest BCUT2D eigenvalue weighted by Gasteiger charge is -2.28. The Hall–Kier alpha value is -3.84. The van der Waals surface area contributed by atoms with Crippen LogP contribution in [0.5, 0.6) is 11.5 Å². The van der Waals surface area contributed by atoms with Gasteiger partial charge in [0.2, 0.25) is 5.91 Å². The van der Waals surface area contributed by atoms with Crippen LogP contribution in [-0.2, 0) is 11.2 Å². The van der Waals surface area contributed by atoms with Crippen molar-refractivity contribution in [3.63, 3.8) is 0 Å². The van der Waals surface area contributed by atoms with Crippen molar-refractivity contribution in [2.24, 2.45) is 5.92 Å². The highest BCUT2D eigenvalue weighted by molar-refractivity contribution is 5.97. The van der Waals surface area contributed by atoms with E-state index in [4.69, 9.17) is 9.47 Å². The molecule has 0 fully saturated rings. The average molecular weight is 475 g/mol. The summed E-state index contributed by atoms with van der Waals surface area (Å²) in [6, 6.07) is 23.8. The lowest BCUT2D eigenvalue weighted by Crippen LogP contribution is -2.40. The smallest absolute Gasteiger partial charge is 0.260 e. The van der Waals surface area contributed by atoms with Crippen LogP contribution in [0.4, 0.5) is 0 Å². The quantitative estimate of drug-likeness (QED) is 0.469. The van der Waals surface area contributed by atoms with Gasteiger partial charge in [-0.05, 0) is 41.8 Å². The third-order valence-corrected chi connectivity index (χ3v) is 6.02. The number of benzene rings is 3. The molecule has 0 saturated heterocycles. The van der Waals surface area contributed by atoms with Gasteiger partial charge in [0.1, 0.15) is 18.1 Å². The molecule has 35 heavy (non-hydrogen) atoms. The van der Waals surface area contributed by atoms with Crippen molar-refractivity contribution in [2.75, 3.05) is 26.5 Å². The lowest BCUT2D eigenvalue weighted by atomic mass is 9.99. The van der Waals surface area contributed by atoms with Crippen LogP contribution >= 0.6 is 0 Å². The second kappa shape index (κ2) is 11.5. The van der Waals surface area contributed by atoms with E-state index < -0.39 is 6.04 Å². The average Bonchev–Trinajstić information content (AvgIpc) is 2.90. The van der Waals surface area contributed by atoms with Crippen LogP contribution in [-0.4, -0.2) is 48.3 Å². The number of hydrogen-bond acceptors (Lipinski definition) is 5. The number of carbonyl (C=O) groups excluding carboxylic acids is 2. The molecule has 1 aliphatic heterocycles. The number of carbonyl (C=O) groups is 2. The molecule has 7 nitrogen and oxygen atoms in total. The second-order valence-electron chi connectivity index (χ2n) is 8.59. The minimum absolute atomic E-state index is 0.0613. The van der Waals surface area contributed by atoms with E-state index in [1.807, 2.05) is 73.7 Å². The Labute approximate surface area is 205 Å². The predicted molar refractivity (Wildman–Crippen MR) is 132 cm³/mol. The van der Waals surface area contributed by atoms with E-state index in [2.05, 4.69) is 5.32 Å². The van der Waals surface area contributed by atoms with Crippen LogP contribution in [0.1, 0.15) is 34.5 Å². The summed E-state index contributed by atoms with van der Waals surface area (Å²) in [4.78, 5) is 26.9. The normalized spacial score (nSPS) is 14.5. The SMILES string of the molecule is C[C@H](Cc1ccc(OCCN2COc3ccccc3C2=O)cc1)C(=O)NC(CO)c1ccccc1. The molecule has 7 heteroatoms. The van der Waals surface area contributed by atoms with Crippen molar-refractivity contribution in [3.05, 3.63) is 95.6 Å². The van der Waals surface area contributed by atoms with Gasteiger partial charge in [0.15, 0.2) is 6.73 Å². The Morgan fingerprint density at radius 2 is 1.77 bits per heavy atom. The maximum atomic E-state index is 12.7. The van der Waals surface area contributed by atoms with Gasteiger partial charge in [-0.1, -0.05) is 61.5 Å². The Balaban J connectivity index is 1.23. The van der Waals surface area contributed by atoms with Gasteiger partial charge in [0, 0.05) is 5.92 Å². The fourth-order valence-electron chi connectivity index (χ4n) is 3.99. The van der Waals surface area contributed by atoms with Crippen LogP contribution in [0.25, 0.3) is 0 Å². The predicted octanol–water partition coefficient (Wildman–Crippen LogP) is 3.59. The first-order valence-corrected chi connectivity index (χ1v) is 11.7. The second-order valence-corrected chi connectivity index (χ2v) is 8.59. The molecule has 0 spiro atoms. The Morgan fingerprint density at radius 3 is 2.51 bits per heavy atom. The van der Waals surface area contributed by atoms with Gasteiger partial charge in [0.05, 0.1) is 24.8 Å². The first-order valence-electron chi connectivity index (χ1n) is 11.7. The molecular weight excluding hydrogens is 444 g/mol. The maximum absolute atomic E-state index is 12.7. The third-order valence-electron chi connectivity index (χ3n) is 6.02. The van der Waals surface area contributed by atoms with E-state index in [-0.39, 0.29) is 31.1 Å². The largest absolute Gasteiger partial charge is 0.492 e. The van der Waals surface area contributed by atoms with Crippen molar-refractivity contribution >= 4 is 11.8 Å². The molecule has 0 aromatic heterocycles. The summed E-state index contributed by atoms with van der Waals surface area (Å²) in [7, 11) is 0. The molecule has 1 aliphatic rings. The maximum Gasteiger partial charge on any atom is 0.260 e. The summed E-state index contributed by atoms with van der Waals surface area (Å²) in [6.45, 7) is 2.68. The summed E-state index contributed by atoms with van der Waals surface area (Å²) >= 11 is 0. The number of ether oxygens (including phenoxy) is 2. The van der Waals surface area contributed by atoms with Gasteiger partial charge in [-0.3, -0.25) is 9.59 Å². The van der Waals surface area contributed by atoms with Gasteiger partial charge < -0.3 is 24.8 Å². The van der Waals surface area contributed by atoms with E-state index in [1.54, 1.807) is 17.0 Å². The fourth-order valence-corrected chi connectivity index (χ4v) is 3.99. The lowest BCUT2D eigenvalue weighted by molar-refractivity contribution is -0.125. The summed E-state index contributed by atoms with van der Waals surface area (Å²) in [5, 5.41) is 12.6. The minimum Gasteiger partial charge on any atom is -0.492 e. The van der Waals surface area contributed by atoms with Crippen LogP contribution in [0.15, 0.2) is 78.9 Å². The monoisotopic (exact) mass is 474 g/mol. The minimum atomic E-state index is -0.424. The highest BCUT2D eigenvalue weighted by Crippen LogP contribution is 2.24. The Bertz CT molecular complexity index is 1130. The summed E-state index contributed by atoms with van der Waals surface area (Å²) in [5.74, 6) is 0.880. The number of hydrogen-bond donors (Lipinski definition) is 2. The van der Waals surface area contributed by atoms with E-state index >= 15 is 0 Å². The zero-order valence-electron chi connectivity index (χ0n) is 19.7. The molecular formula is C28H30N2O5. The zero-order valence-corrected chi connectivity index (χ0v) is 19.7. The molecule has 2 atom stereocenters. The number of rotatable bonds is 10. The van der Waals surface area contributed by atoms with Crippen molar-refractivity contribution in [2.45, 2.75) is 19.4 Å². The number of aliphatic hydroxyl groups is 1. The molecule has 2 N–H and O–H groups in total. The van der Waals surface area contributed by atoms with Crippen molar-refractivity contribution in [1.29, 1.82) is 0 Å². The topological polar surface area (TPSA) is 88.1 Å². The summed E-state index contributed by atoms with van der Waals surface area (Å²) in [6.07, 6.45) is 0.568. The molecule has 0 bridgehead atoms. The Morgan fingerprint density at radius 1 is 1.06 bits per heavy atom. The van der Waals surface area contributed by atoms with E-state index in [0.29, 0.717) is 36.6 Å². The Kier molecular flexibility index (Phi) is 8.00. The number of nitrogens with zero attached hydrogens (tertiary/aromatic N) is 1. The number of nitrogens with one attached hydrogen (secondary N) is 1. The summed E-state index contributed by atoms with van der Waals surface area (Å²) in [5.41, 5.74) is 2.45. The molecule has 182 valence electrons. The van der Waals surface area contributed by atoms with Gasteiger partial charge in [-0.25, -0.2) is 0 Å². The van der Waals surface area contributed by atoms with Crippen LogP contribution < -0.4 is 14.8 Å². The fraction of sp³-hybridized carbons (Fsp3) is 0.286. The molecule has 0 aliphatic carbocycles. The molecule has 3 aromatic rings. The van der Waals surface area contributed by atoms with E-state index in [1.165, 1.54) is 0 Å². The molecule has 0 radical (unpaired) electrons. The number of amides is 2. The highest BCUT2D eigenvalue weighted by Gasteiger charge is 2.25. The van der Waals surface area contributed by atoms with Crippen LogP contribution in [0.2, 0.25) is 0 Å². The first kappa shape index (κ1) is 24.3. The summed E-state index contributed by atoms with van der Waals surface area (Å²) < 4.78 is 11.5. The van der Waals surface area contributed by atoms with E-state index in [9.17, 15) is 14.7 Å². The first-order chi connectivity index (χ1) is 17.0. The zero-order chi connectivity index (χ0) is 24.6. The van der Waals surface area contributed by atoms with Crippen LogP contribution in [0, 0.1) is 5.92 Å². The van der Waals surface area contributed by atoms with Crippen molar-refractivity contribution in [1.82, 2.24) is 10.2 Å². The van der Waals surface area contributed by atoms with Gasteiger partial charge in [-0.15, -0.1) is 0 Å². The van der Waals surface area contributed by atoms with Gasteiger partial charge in [0.25, 0.3) is 5.91 Å². The standard InChI is InChI=1S/C28H30N2O5/c1-20(27(32)29-25(18-31)22-7-3-2-4-8-22)17-21-11-13-23(14-12-21)34-16-15-30-19-35-26-10-6-5-9-24(26)28(30)33/h2-14,20,25,31H,15-19H2,1H3,(H,29,32)/t20-,25?/m1/s1. The highest BCUT2D eigenvalue weighted by atomic mass is 16.5. The molecule has 2 amide bonds.